The van der Waals surface area contributed by atoms with Gasteiger partial charge in [-0.05, 0) is 48.9 Å². The van der Waals surface area contributed by atoms with E-state index in [9.17, 15) is 0 Å². The second kappa shape index (κ2) is 6.94. The second-order valence-corrected chi connectivity index (χ2v) is 6.53. The molecule has 3 aromatic rings. The van der Waals surface area contributed by atoms with Crippen LogP contribution < -0.4 is 5.73 Å². The Kier molecular flexibility index (Phi) is 4.34. The van der Waals surface area contributed by atoms with E-state index < -0.39 is 0 Å². The lowest BCUT2D eigenvalue weighted by molar-refractivity contribution is 0.688. The van der Waals surface area contributed by atoms with Crippen LogP contribution in [0.15, 0.2) is 77.8 Å². The maximum absolute atomic E-state index is 6.21. The van der Waals surface area contributed by atoms with Crippen LogP contribution >= 0.6 is 0 Å². The second-order valence-electron chi connectivity index (χ2n) is 6.53. The van der Waals surface area contributed by atoms with Crippen molar-refractivity contribution in [2.24, 2.45) is 4.99 Å². The fourth-order valence-corrected chi connectivity index (χ4v) is 3.59. The van der Waals surface area contributed by atoms with Gasteiger partial charge in [0.25, 0.3) is 0 Å². The molecule has 0 atom stereocenters. The third-order valence-corrected chi connectivity index (χ3v) is 4.87. The van der Waals surface area contributed by atoms with E-state index >= 15 is 0 Å². The minimum atomic E-state index is 0.912. The van der Waals surface area contributed by atoms with Crippen molar-refractivity contribution in [1.82, 2.24) is 0 Å². The van der Waals surface area contributed by atoms with Crippen molar-refractivity contribution in [2.75, 3.05) is 5.73 Å². The summed E-state index contributed by atoms with van der Waals surface area (Å²) < 4.78 is 0. The molecular weight excluding hydrogens is 304 g/mol. The summed E-state index contributed by atoms with van der Waals surface area (Å²) in [5.41, 5.74) is 14.1. The molecule has 0 saturated heterocycles. The molecule has 1 aliphatic rings. The van der Waals surface area contributed by atoms with Gasteiger partial charge in [0.1, 0.15) is 0 Å². The molecule has 0 spiro atoms. The molecule has 2 nitrogen and oxygen atoms in total. The Morgan fingerprint density at radius 1 is 0.680 bits per heavy atom. The highest BCUT2D eigenvalue weighted by Crippen LogP contribution is 2.34. The standard InChI is InChI=1S/C23H22N2/c24-21-15-16-22(20-14-8-7-13-19(20)21)25-23(17-9-3-1-4-10-17)18-11-5-2-6-12-18/h1-6,9-12,15-16H,7-8,13-14,24H2. The summed E-state index contributed by atoms with van der Waals surface area (Å²) >= 11 is 0. The first kappa shape index (κ1) is 15.6. The Morgan fingerprint density at radius 3 is 1.84 bits per heavy atom. The van der Waals surface area contributed by atoms with Gasteiger partial charge in [-0.25, -0.2) is 4.99 Å². The number of nitrogens with two attached hydrogens (primary N) is 1. The number of fused-ring (bicyclic) bond motifs is 1. The molecule has 0 unspecified atom stereocenters. The van der Waals surface area contributed by atoms with Crippen molar-refractivity contribution in [3.63, 3.8) is 0 Å². The third-order valence-electron chi connectivity index (χ3n) is 4.87. The Balaban J connectivity index is 1.89. The van der Waals surface area contributed by atoms with Crippen LogP contribution in [-0.2, 0) is 12.8 Å². The molecule has 0 fully saturated rings. The van der Waals surface area contributed by atoms with Crippen LogP contribution in [0.1, 0.15) is 35.1 Å². The first-order valence-corrected chi connectivity index (χ1v) is 8.93. The van der Waals surface area contributed by atoms with Crippen LogP contribution in [0, 0.1) is 0 Å². The van der Waals surface area contributed by atoms with Crippen LogP contribution in [0.2, 0.25) is 0 Å². The van der Waals surface area contributed by atoms with E-state index in [1.165, 1.54) is 24.0 Å². The first-order valence-electron chi connectivity index (χ1n) is 8.93. The maximum Gasteiger partial charge on any atom is 0.0781 e. The molecule has 25 heavy (non-hydrogen) atoms. The molecule has 4 rings (SSSR count). The van der Waals surface area contributed by atoms with Crippen LogP contribution in [0.4, 0.5) is 11.4 Å². The van der Waals surface area contributed by atoms with Crippen molar-refractivity contribution < 1.29 is 0 Å². The van der Waals surface area contributed by atoms with E-state index in [0.29, 0.717) is 0 Å². The minimum Gasteiger partial charge on any atom is -0.398 e. The van der Waals surface area contributed by atoms with Gasteiger partial charge in [-0.15, -0.1) is 0 Å². The van der Waals surface area contributed by atoms with Crippen molar-refractivity contribution >= 4 is 17.1 Å². The number of nitrogen functional groups attached to an aromatic ring is 1. The Morgan fingerprint density at radius 2 is 1.24 bits per heavy atom. The van der Waals surface area contributed by atoms with E-state index in [4.69, 9.17) is 10.7 Å². The number of aliphatic imine (C=N–C) groups is 1. The van der Waals surface area contributed by atoms with Crippen LogP contribution in [0.25, 0.3) is 0 Å². The SMILES string of the molecule is Nc1ccc(N=C(c2ccccc2)c2ccccc2)c2c1CCCC2. The number of rotatable bonds is 3. The molecule has 1 aliphatic carbocycles. The van der Waals surface area contributed by atoms with E-state index in [1.54, 1.807) is 0 Å². The topological polar surface area (TPSA) is 38.4 Å². The number of benzene rings is 3. The zero-order valence-corrected chi connectivity index (χ0v) is 14.3. The summed E-state index contributed by atoms with van der Waals surface area (Å²) in [5, 5.41) is 0. The molecule has 0 heterocycles. The van der Waals surface area contributed by atoms with Gasteiger partial charge < -0.3 is 5.73 Å². The zero-order valence-electron chi connectivity index (χ0n) is 14.3. The molecule has 2 heteroatoms. The van der Waals surface area contributed by atoms with Crippen LogP contribution in [-0.4, -0.2) is 5.71 Å². The molecule has 0 aliphatic heterocycles. The highest BCUT2D eigenvalue weighted by molar-refractivity contribution is 6.14. The smallest absolute Gasteiger partial charge is 0.0781 e. The van der Waals surface area contributed by atoms with Gasteiger partial charge in [0, 0.05) is 16.8 Å². The average Bonchev–Trinajstić information content (AvgIpc) is 2.69. The number of nitrogens with zero attached hydrogens (tertiary/aromatic N) is 1. The molecule has 0 amide bonds. The summed E-state index contributed by atoms with van der Waals surface area (Å²) in [6.45, 7) is 0. The number of anilines is 1. The summed E-state index contributed by atoms with van der Waals surface area (Å²) in [6, 6.07) is 24.9. The van der Waals surface area contributed by atoms with Gasteiger partial charge in [-0.1, -0.05) is 60.7 Å². The van der Waals surface area contributed by atoms with Gasteiger partial charge in [0.05, 0.1) is 11.4 Å². The van der Waals surface area contributed by atoms with Gasteiger partial charge in [0.15, 0.2) is 0 Å². The van der Waals surface area contributed by atoms with E-state index in [-0.39, 0.29) is 0 Å². The highest BCUT2D eigenvalue weighted by Gasteiger charge is 2.16. The third kappa shape index (κ3) is 3.20. The summed E-state index contributed by atoms with van der Waals surface area (Å²) in [7, 11) is 0. The molecular formula is C23H22N2. The van der Waals surface area contributed by atoms with Gasteiger partial charge in [-0.2, -0.15) is 0 Å². The fourth-order valence-electron chi connectivity index (χ4n) is 3.59. The van der Waals surface area contributed by atoms with Gasteiger partial charge in [0.2, 0.25) is 0 Å². The average molecular weight is 326 g/mol. The molecule has 0 bridgehead atoms. The lowest BCUT2D eigenvalue weighted by Crippen LogP contribution is -2.08. The molecule has 2 N–H and O–H groups in total. The van der Waals surface area contributed by atoms with Crippen molar-refractivity contribution in [1.29, 1.82) is 0 Å². The van der Waals surface area contributed by atoms with E-state index in [0.717, 1.165) is 41.1 Å². The van der Waals surface area contributed by atoms with Crippen LogP contribution in [0.5, 0.6) is 0 Å². The summed E-state index contributed by atoms with van der Waals surface area (Å²) in [4.78, 5) is 5.11. The number of hydrogen-bond acceptors (Lipinski definition) is 2. The monoisotopic (exact) mass is 326 g/mol. The van der Waals surface area contributed by atoms with Crippen molar-refractivity contribution in [2.45, 2.75) is 25.7 Å². The summed E-state index contributed by atoms with van der Waals surface area (Å²) in [6.07, 6.45) is 4.56. The Labute approximate surface area is 149 Å². The van der Waals surface area contributed by atoms with Crippen molar-refractivity contribution in [3.8, 4) is 0 Å². The zero-order chi connectivity index (χ0) is 17.1. The maximum atomic E-state index is 6.21. The Bertz CT molecular complexity index is 855. The number of hydrogen-bond donors (Lipinski definition) is 1. The molecule has 0 aromatic heterocycles. The molecule has 124 valence electrons. The van der Waals surface area contributed by atoms with E-state index in [1.807, 2.05) is 18.2 Å². The normalized spacial score (nSPS) is 13.1. The predicted molar refractivity (Wildman–Crippen MR) is 106 cm³/mol. The lowest BCUT2D eigenvalue weighted by Gasteiger charge is -2.20. The predicted octanol–water partition coefficient (Wildman–Crippen LogP) is 5.32. The molecule has 0 radical (unpaired) electrons. The Hall–Kier alpha value is -2.87. The quantitative estimate of drug-likeness (QED) is 0.513. The summed E-state index contributed by atoms with van der Waals surface area (Å²) in [5.74, 6) is 0. The van der Waals surface area contributed by atoms with Crippen LogP contribution in [0.3, 0.4) is 0 Å². The van der Waals surface area contributed by atoms with Crippen molar-refractivity contribution in [3.05, 3.63) is 95.1 Å². The molecule has 0 saturated carbocycles. The fraction of sp³-hybridized carbons (Fsp3) is 0.174. The molecule has 3 aromatic carbocycles. The van der Waals surface area contributed by atoms with Gasteiger partial charge in [-0.3, -0.25) is 0 Å². The first-order chi connectivity index (χ1) is 12.3. The minimum absolute atomic E-state index is 0.912. The highest BCUT2D eigenvalue weighted by atomic mass is 14.8. The van der Waals surface area contributed by atoms with Gasteiger partial charge >= 0.3 is 0 Å². The lowest BCUT2D eigenvalue weighted by atomic mass is 9.89. The van der Waals surface area contributed by atoms with E-state index in [2.05, 4.69) is 54.6 Å². The largest absolute Gasteiger partial charge is 0.398 e.